The molecule has 2 aromatic rings. The molecule has 1 saturated heterocycles. The molecule has 25 heavy (non-hydrogen) atoms. The van der Waals surface area contributed by atoms with Gasteiger partial charge >= 0.3 is 0 Å². The van der Waals surface area contributed by atoms with Crippen LogP contribution in [0.4, 0.5) is 17.1 Å². The molecule has 1 amide bonds. The summed E-state index contributed by atoms with van der Waals surface area (Å²) in [5, 5.41) is 6.05. The summed E-state index contributed by atoms with van der Waals surface area (Å²) < 4.78 is 5.52. The highest BCUT2D eigenvalue weighted by atomic mass is 16.5. The van der Waals surface area contributed by atoms with Crippen LogP contribution in [0.15, 0.2) is 48.5 Å². The van der Waals surface area contributed by atoms with Gasteiger partial charge in [-0.3, -0.25) is 4.79 Å². The highest BCUT2D eigenvalue weighted by Crippen LogP contribution is 2.24. The second kappa shape index (κ2) is 8.42. The second-order valence-corrected chi connectivity index (χ2v) is 6.07. The van der Waals surface area contributed by atoms with E-state index in [2.05, 4.69) is 27.7 Å². The molecule has 0 bridgehead atoms. The van der Waals surface area contributed by atoms with E-state index in [1.165, 1.54) is 18.5 Å². The lowest BCUT2D eigenvalue weighted by atomic mass is 10.2. The second-order valence-electron chi connectivity index (χ2n) is 6.07. The molecule has 0 saturated carbocycles. The van der Waals surface area contributed by atoms with Gasteiger partial charge in [0.15, 0.2) is 0 Å². The fraction of sp³-hybridized carbons (Fsp3) is 0.350. The summed E-state index contributed by atoms with van der Waals surface area (Å²) in [6.07, 6.45) is 2.53. The molecule has 1 heterocycles. The van der Waals surface area contributed by atoms with E-state index in [9.17, 15) is 4.79 Å². The molecule has 132 valence electrons. The third-order valence-electron chi connectivity index (χ3n) is 4.25. The lowest BCUT2D eigenvalue weighted by Crippen LogP contribution is -2.22. The van der Waals surface area contributed by atoms with E-state index in [1.807, 2.05) is 43.3 Å². The maximum atomic E-state index is 12.2. The van der Waals surface area contributed by atoms with Crippen molar-refractivity contribution < 1.29 is 9.53 Å². The van der Waals surface area contributed by atoms with E-state index in [0.29, 0.717) is 18.0 Å². The SMILES string of the molecule is CCOc1ccccc1NC(=O)CNc1ccc(N2CCCC2)cc1. The molecule has 0 atom stereocenters. The first-order chi connectivity index (χ1) is 12.3. The Morgan fingerprint density at radius 3 is 2.52 bits per heavy atom. The lowest BCUT2D eigenvalue weighted by Gasteiger charge is -2.18. The summed E-state index contributed by atoms with van der Waals surface area (Å²) in [6, 6.07) is 15.7. The summed E-state index contributed by atoms with van der Waals surface area (Å²) in [5.41, 5.74) is 2.88. The van der Waals surface area contributed by atoms with Crippen LogP contribution in [0.2, 0.25) is 0 Å². The minimum atomic E-state index is -0.101. The van der Waals surface area contributed by atoms with E-state index in [1.54, 1.807) is 0 Å². The van der Waals surface area contributed by atoms with Gasteiger partial charge in [0, 0.05) is 24.5 Å². The van der Waals surface area contributed by atoms with E-state index >= 15 is 0 Å². The zero-order chi connectivity index (χ0) is 17.5. The largest absolute Gasteiger partial charge is 0.492 e. The molecule has 0 radical (unpaired) electrons. The Balaban J connectivity index is 1.52. The summed E-state index contributed by atoms with van der Waals surface area (Å²) >= 11 is 0. The Bertz CT molecular complexity index is 694. The van der Waals surface area contributed by atoms with E-state index in [0.717, 1.165) is 18.8 Å². The van der Waals surface area contributed by atoms with Gasteiger partial charge in [-0.15, -0.1) is 0 Å². The van der Waals surface area contributed by atoms with Crippen LogP contribution in [0.3, 0.4) is 0 Å². The number of carbonyl (C=O) groups is 1. The monoisotopic (exact) mass is 339 g/mol. The third-order valence-corrected chi connectivity index (χ3v) is 4.25. The number of para-hydroxylation sites is 2. The van der Waals surface area contributed by atoms with E-state index in [4.69, 9.17) is 4.74 Å². The molecule has 0 unspecified atom stereocenters. The number of benzene rings is 2. The number of nitrogens with one attached hydrogen (secondary N) is 2. The Morgan fingerprint density at radius 2 is 1.80 bits per heavy atom. The summed E-state index contributed by atoms with van der Waals surface area (Å²) in [7, 11) is 0. The number of nitrogens with zero attached hydrogens (tertiary/aromatic N) is 1. The summed E-state index contributed by atoms with van der Waals surface area (Å²) in [6.45, 7) is 4.97. The van der Waals surface area contributed by atoms with Gasteiger partial charge in [-0.2, -0.15) is 0 Å². The van der Waals surface area contributed by atoms with Crippen LogP contribution in [0, 0.1) is 0 Å². The Kier molecular flexibility index (Phi) is 5.77. The minimum absolute atomic E-state index is 0.101. The molecule has 5 heteroatoms. The van der Waals surface area contributed by atoms with Crippen molar-refractivity contribution in [1.29, 1.82) is 0 Å². The predicted octanol–water partition coefficient (Wildman–Crippen LogP) is 3.74. The zero-order valence-corrected chi connectivity index (χ0v) is 14.6. The van der Waals surface area contributed by atoms with Crippen LogP contribution >= 0.6 is 0 Å². The zero-order valence-electron chi connectivity index (χ0n) is 14.6. The fourth-order valence-corrected chi connectivity index (χ4v) is 2.99. The van der Waals surface area contributed by atoms with Crippen LogP contribution in [-0.2, 0) is 4.79 Å². The van der Waals surface area contributed by atoms with Gasteiger partial charge in [0.25, 0.3) is 0 Å². The number of hydrogen-bond donors (Lipinski definition) is 2. The van der Waals surface area contributed by atoms with Crippen LogP contribution in [0.1, 0.15) is 19.8 Å². The maximum Gasteiger partial charge on any atom is 0.243 e. The highest BCUT2D eigenvalue weighted by Gasteiger charge is 2.12. The summed E-state index contributed by atoms with van der Waals surface area (Å²) in [5.74, 6) is 0.587. The molecular weight excluding hydrogens is 314 g/mol. The van der Waals surface area contributed by atoms with Gasteiger partial charge in [0.1, 0.15) is 5.75 Å². The van der Waals surface area contributed by atoms with E-state index in [-0.39, 0.29) is 12.5 Å². The highest BCUT2D eigenvalue weighted by molar-refractivity contribution is 5.95. The molecular formula is C20H25N3O2. The van der Waals surface area contributed by atoms with Crippen molar-refractivity contribution in [3.63, 3.8) is 0 Å². The quantitative estimate of drug-likeness (QED) is 0.807. The summed E-state index contributed by atoms with van der Waals surface area (Å²) in [4.78, 5) is 14.6. The smallest absolute Gasteiger partial charge is 0.243 e. The third kappa shape index (κ3) is 4.66. The molecule has 3 rings (SSSR count). The van der Waals surface area contributed by atoms with Gasteiger partial charge in [0.2, 0.25) is 5.91 Å². The van der Waals surface area contributed by atoms with Crippen molar-refractivity contribution in [1.82, 2.24) is 0 Å². The minimum Gasteiger partial charge on any atom is -0.492 e. The normalized spacial score (nSPS) is 13.6. The molecule has 2 N–H and O–H groups in total. The van der Waals surface area contributed by atoms with Gasteiger partial charge in [0.05, 0.1) is 18.8 Å². The molecule has 0 aromatic heterocycles. The average molecular weight is 339 g/mol. The number of ether oxygens (including phenoxy) is 1. The lowest BCUT2D eigenvalue weighted by molar-refractivity contribution is -0.114. The standard InChI is InChI=1S/C20H25N3O2/c1-2-25-19-8-4-3-7-18(19)22-20(24)15-21-16-9-11-17(12-10-16)23-13-5-6-14-23/h3-4,7-12,21H,2,5-6,13-15H2,1H3,(H,22,24). The molecule has 0 spiro atoms. The average Bonchev–Trinajstić information content (AvgIpc) is 3.17. The number of amides is 1. The van der Waals surface area contributed by atoms with Gasteiger partial charge in [-0.25, -0.2) is 0 Å². The van der Waals surface area contributed by atoms with Gasteiger partial charge in [-0.05, 0) is 56.2 Å². The van der Waals surface area contributed by atoms with Gasteiger partial charge < -0.3 is 20.3 Å². The van der Waals surface area contributed by atoms with Crippen molar-refractivity contribution in [2.24, 2.45) is 0 Å². The van der Waals surface area contributed by atoms with Crippen molar-refractivity contribution in [2.45, 2.75) is 19.8 Å². The van der Waals surface area contributed by atoms with Crippen molar-refractivity contribution in [2.75, 3.05) is 41.8 Å². The first-order valence-corrected chi connectivity index (χ1v) is 8.87. The first-order valence-electron chi connectivity index (χ1n) is 8.87. The molecule has 2 aromatic carbocycles. The van der Waals surface area contributed by atoms with Crippen LogP contribution < -0.4 is 20.3 Å². The van der Waals surface area contributed by atoms with Crippen LogP contribution in [-0.4, -0.2) is 32.1 Å². The molecule has 1 aliphatic heterocycles. The first kappa shape index (κ1) is 17.1. The van der Waals surface area contributed by atoms with Gasteiger partial charge in [-0.1, -0.05) is 12.1 Å². The van der Waals surface area contributed by atoms with Crippen LogP contribution in [0.25, 0.3) is 0 Å². The van der Waals surface area contributed by atoms with Crippen molar-refractivity contribution in [3.05, 3.63) is 48.5 Å². The van der Waals surface area contributed by atoms with E-state index < -0.39 is 0 Å². The van der Waals surface area contributed by atoms with Crippen LogP contribution in [0.5, 0.6) is 5.75 Å². The maximum absolute atomic E-state index is 12.2. The number of carbonyl (C=O) groups excluding carboxylic acids is 1. The molecule has 0 aliphatic carbocycles. The predicted molar refractivity (Wildman–Crippen MR) is 103 cm³/mol. The van der Waals surface area contributed by atoms with Crippen molar-refractivity contribution in [3.8, 4) is 5.75 Å². The molecule has 1 aliphatic rings. The number of rotatable bonds is 7. The Hall–Kier alpha value is -2.69. The number of anilines is 3. The fourth-order valence-electron chi connectivity index (χ4n) is 2.99. The van der Waals surface area contributed by atoms with Crippen molar-refractivity contribution >= 4 is 23.0 Å². The molecule has 1 fully saturated rings. The molecule has 5 nitrogen and oxygen atoms in total. The Morgan fingerprint density at radius 1 is 1.08 bits per heavy atom. The Labute approximate surface area is 149 Å². The number of hydrogen-bond acceptors (Lipinski definition) is 4. The topological polar surface area (TPSA) is 53.6 Å².